The summed E-state index contributed by atoms with van der Waals surface area (Å²) in [4.78, 5) is 12.6. The van der Waals surface area contributed by atoms with E-state index in [1.807, 2.05) is 30.3 Å². The molecular formula is C22H19Cl2NO3. The number of amides is 1. The van der Waals surface area contributed by atoms with Crippen LogP contribution < -0.4 is 10.1 Å². The summed E-state index contributed by atoms with van der Waals surface area (Å²) in [6, 6.07) is 20.0. The van der Waals surface area contributed by atoms with Crippen LogP contribution in [0.1, 0.15) is 21.5 Å². The number of halogens is 2. The molecule has 0 fully saturated rings. The normalized spacial score (nSPS) is 10.5. The van der Waals surface area contributed by atoms with Crippen molar-refractivity contribution in [3.63, 3.8) is 0 Å². The van der Waals surface area contributed by atoms with Crippen molar-refractivity contribution in [2.24, 2.45) is 0 Å². The highest BCUT2D eigenvalue weighted by atomic mass is 35.5. The van der Waals surface area contributed by atoms with E-state index in [9.17, 15) is 4.79 Å². The Bertz CT molecular complexity index is 961. The van der Waals surface area contributed by atoms with Crippen LogP contribution in [0, 0.1) is 0 Å². The Morgan fingerprint density at radius 2 is 1.71 bits per heavy atom. The Hall–Kier alpha value is -2.53. The van der Waals surface area contributed by atoms with Crippen LogP contribution in [-0.2, 0) is 18.0 Å². The van der Waals surface area contributed by atoms with Crippen LogP contribution in [0.4, 0.5) is 5.69 Å². The zero-order valence-corrected chi connectivity index (χ0v) is 16.8. The Labute approximate surface area is 174 Å². The van der Waals surface area contributed by atoms with E-state index in [2.05, 4.69) is 5.32 Å². The van der Waals surface area contributed by atoms with Gasteiger partial charge in [0.15, 0.2) is 0 Å². The van der Waals surface area contributed by atoms with E-state index in [-0.39, 0.29) is 5.91 Å². The third-order valence-corrected chi connectivity index (χ3v) is 4.83. The lowest BCUT2D eigenvalue weighted by atomic mass is 10.1. The van der Waals surface area contributed by atoms with E-state index in [0.29, 0.717) is 40.3 Å². The standard InChI is InChI=1S/C22H19Cl2NO3/c1-27-21-10-7-16(22(26)25-18-8-9-19(23)20(24)12-18)11-17(21)14-28-13-15-5-3-2-4-6-15/h2-12H,13-14H2,1H3,(H,25,26). The summed E-state index contributed by atoms with van der Waals surface area (Å²) >= 11 is 11.9. The van der Waals surface area contributed by atoms with Crippen LogP contribution in [0.15, 0.2) is 66.7 Å². The second kappa shape index (κ2) is 9.60. The summed E-state index contributed by atoms with van der Waals surface area (Å²) in [5.74, 6) is 0.407. The molecule has 0 bridgehead atoms. The van der Waals surface area contributed by atoms with E-state index in [4.69, 9.17) is 32.7 Å². The van der Waals surface area contributed by atoms with Crippen molar-refractivity contribution in [3.05, 3.63) is 93.5 Å². The van der Waals surface area contributed by atoms with Crippen LogP contribution in [0.5, 0.6) is 5.75 Å². The molecule has 6 heteroatoms. The molecule has 0 atom stereocenters. The highest BCUT2D eigenvalue weighted by molar-refractivity contribution is 6.42. The molecular weight excluding hydrogens is 397 g/mol. The molecule has 1 N–H and O–H groups in total. The maximum Gasteiger partial charge on any atom is 0.255 e. The molecule has 0 aliphatic heterocycles. The van der Waals surface area contributed by atoms with E-state index in [0.717, 1.165) is 11.1 Å². The van der Waals surface area contributed by atoms with Gasteiger partial charge in [0, 0.05) is 16.8 Å². The fraction of sp³-hybridized carbons (Fsp3) is 0.136. The predicted molar refractivity (Wildman–Crippen MR) is 112 cm³/mol. The molecule has 1 amide bonds. The fourth-order valence-electron chi connectivity index (χ4n) is 2.66. The number of rotatable bonds is 7. The van der Waals surface area contributed by atoms with Crippen molar-refractivity contribution < 1.29 is 14.3 Å². The van der Waals surface area contributed by atoms with Gasteiger partial charge in [-0.1, -0.05) is 53.5 Å². The van der Waals surface area contributed by atoms with Crippen LogP contribution >= 0.6 is 23.2 Å². The number of benzene rings is 3. The van der Waals surface area contributed by atoms with Gasteiger partial charge in [-0.3, -0.25) is 4.79 Å². The fourth-order valence-corrected chi connectivity index (χ4v) is 2.96. The number of methoxy groups -OCH3 is 1. The summed E-state index contributed by atoms with van der Waals surface area (Å²) in [6.07, 6.45) is 0. The molecule has 0 heterocycles. The highest BCUT2D eigenvalue weighted by Crippen LogP contribution is 2.26. The number of ether oxygens (including phenoxy) is 2. The van der Waals surface area contributed by atoms with Crippen LogP contribution in [0.25, 0.3) is 0 Å². The SMILES string of the molecule is COc1ccc(C(=O)Nc2ccc(Cl)c(Cl)c2)cc1COCc1ccccc1. The minimum atomic E-state index is -0.259. The van der Waals surface area contributed by atoms with E-state index >= 15 is 0 Å². The first-order valence-electron chi connectivity index (χ1n) is 8.62. The van der Waals surface area contributed by atoms with Gasteiger partial charge >= 0.3 is 0 Å². The van der Waals surface area contributed by atoms with Gasteiger partial charge in [-0.2, -0.15) is 0 Å². The van der Waals surface area contributed by atoms with Gasteiger partial charge in [-0.15, -0.1) is 0 Å². The first-order chi connectivity index (χ1) is 13.6. The number of carbonyl (C=O) groups excluding carboxylic acids is 1. The molecule has 0 aromatic heterocycles. The van der Waals surface area contributed by atoms with Crippen molar-refractivity contribution >= 4 is 34.8 Å². The van der Waals surface area contributed by atoms with Crippen molar-refractivity contribution in [3.8, 4) is 5.75 Å². The third-order valence-electron chi connectivity index (χ3n) is 4.09. The zero-order chi connectivity index (χ0) is 19.9. The quantitative estimate of drug-likeness (QED) is 0.516. The van der Waals surface area contributed by atoms with Gasteiger partial charge in [0.25, 0.3) is 5.91 Å². The molecule has 144 valence electrons. The summed E-state index contributed by atoms with van der Waals surface area (Å²) < 4.78 is 11.2. The Kier molecular flexibility index (Phi) is 6.93. The van der Waals surface area contributed by atoms with Gasteiger partial charge in [0.2, 0.25) is 0 Å². The van der Waals surface area contributed by atoms with Gasteiger partial charge in [-0.05, 0) is 42.0 Å². The average molecular weight is 416 g/mol. The number of nitrogens with one attached hydrogen (secondary N) is 1. The number of carbonyl (C=O) groups is 1. The molecule has 4 nitrogen and oxygen atoms in total. The smallest absolute Gasteiger partial charge is 0.255 e. The number of hydrogen-bond acceptors (Lipinski definition) is 3. The van der Waals surface area contributed by atoms with E-state index < -0.39 is 0 Å². The average Bonchev–Trinajstić information content (AvgIpc) is 2.71. The molecule has 0 unspecified atom stereocenters. The van der Waals surface area contributed by atoms with Crippen molar-refractivity contribution in [1.82, 2.24) is 0 Å². The lowest BCUT2D eigenvalue weighted by Crippen LogP contribution is -2.12. The minimum absolute atomic E-state index is 0.259. The van der Waals surface area contributed by atoms with Crippen LogP contribution in [0.3, 0.4) is 0 Å². The van der Waals surface area contributed by atoms with E-state index in [1.165, 1.54) is 0 Å². The summed E-state index contributed by atoms with van der Waals surface area (Å²) in [5.41, 5.74) is 2.93. The first kappa shape index (κ1) is 20.2. The second-order valence-corrected chi connectivity index (χ2v) is 6.90. The van der Waals surface area contributed by atoms with Crippen molar-refractivity contribution in [2.45, 2.75) is 13.2 Å². The van der Waals surface area contributed by atoms with Gasteiger partial charge in [0.05, 0.1) is 30.4 Å². The molecule has 0 radical (unpaired) electrons. The van der Waals surface area contributed by atoms with Crippen molar-refractivity contribution in [2.75, 3.05) is 12.4 Å². The largest absolute Gasteiger partial charge is 0.496 e. The van der Waals surface area contributed by atoms with Gasteiger partial charge in [-0.25, -0.2) is 0 Å². The maximum absolute atomic E-state index is 12.6. The molecule has 3 aromatic carbocycles. The monoisotopic (exact) mass is 415 g/mol. The first-order valence-corrected chi connectivity index (χ1v) is 9.37. The molecule has 0 aliphatic carbocycles. The van der Waals surface area contributed by atoms with Crippen molar-refractivity contribution in [1.29, 1.82) is 0 Å². The van der Waals surface area contributed by atoms with Crippen LogP contribution in [0.2, 0.25) is 10.0 Å². The summed E-state index contributed by atoms with van der Waals surface area (Å²) in [7, 11) is 1.59. The number of anilines is 1. The lowest BCUT2D eigenvalue weighted by Gasteiger charge is -2.12. The summed E-state index contributed by atoms with van der Waals surface area (Å²) in [6.45, 7) is 0.801. The molecule has 0 spiro atoms. The minimum Gasteiger partial charge on any atom is -0.496 e. The number of hydrogen-bond donors (Lipinski definition) is 1. The molecule has 0 saturated carbocycles. The molecule has 0 aliphatic rings. The topological polar surface area (TPSA) is 47.6 Å². The Balaban J connectivity index is 1.70. The summed E-state index contributed by atoms with van der Waals surface area (Å²) in [5, 5.41) is 3.62. The van der Waals surface area contributed by atoms with Gasteiger partial charge in [0.1, 0.15) is 5.75 Å². The Morgan fingerprint density at radius 3 is 2.43 bits per heavy atom. The predicted octanol–water partition coefficient (Wildman–Crippen LogP) is 5.97. The maximum atomic E-state index is 12.6. The molecule has 3 rings (SSSR count). The third kappa shape index (κ3) is 5.26. The lowest BCUT2D eigenvalue weighted by molar-refractivity contribution is 0.102. The molecule has 0 saturated heterocycles. The highest BCUT2D eigenvalue weighted by Gasteiger charge is 2.12. The second-order valence-electron chi connectivity index (χ2n) is 6.09. The zero-order valence-electron chi connectivity index (χ0n) is 15.2. The Morgan fingerprint density at radius 1 is 0.929 bits per heavy atom. The van der Waals surface area contributed by atoms with Gasteiger partial charge < -0.3 is 14.8 Å². The van der Waals surface area contributed by atoms with E-state index in [1.54, 1.807) is 43.5 Å². The molecule has 28 heavy (non-hydrogen) atoms. The van der Waals surface area contributed by atoms with Crippen LogP contribution in [-0.4, -0.2) is 13.0 Å². The molecule has 3 aromatic rings.